The fourth-order valence-corrected chi connectivity index (χ4v) is 6.25. The number of esters is 1. The van der Waals surface area contributed by atoms with Gasteiger partial charge in [-0.2, -0.15) is 0 Å². The molecule has 4 saturated heterocycles. The first kappa shape index (κ1) is 31.7. The molecule has 0 bridgehead atoms. The molecule has 1 unspecified atom stereocenters. The number of hydrogen-bond donors (Lipinski definition) is 0. The molecule has 4 heterocycles. The highest BCUT2D eigenvalue weighted by Crippen LogP contribution is 2.39. The van der Waals surface area contributed by atoms with Crippen molar-refractivity contribution in [3.63, 3.8) is 0 Å². The second-order valence-corrected chi connectivity index (χ2v) is 11.6. The first-order valence-corrected chi connectivity index (χ1v) is 15.6. The molecule has 248 valence electrons. The minimum Gasteiger partial charge on any atom is -0.459 e. The lowest BCUT2D eigenvalue weighted by molar-refractivity contribution is -0.385. The van der Waals surface area contributed by atoms with Crippen LogP contribution in [-0.2, 0) is 54.0 Å². The van der Waals surface area contributed by atoms with Gasteiger partial charge >= 0.3 is 12.1 Å². The predicted molar refractivity (Wildman–Crippen MR) is 161 cm³/mol. The summed E-state index contributed by atoms with van der Waals surface area (Å²) >= 11 is 0. The normalized spacial score (nSPS) is 33.2. The van der Waals surface area contributed by atoms with Crippen LogP contribution in [0, 0.1) is 0 Å². The number of hydrogen-bond acceptors (Lipinski definition) is 12. The average molecular weight is 649 g/mol. The number of fused-ring (bicyclic) bond motifs is 2. The first-order chi connectivity index (χ1) is 23.1. The molecule has 4 fully saturated rings. The number of methoxy groups -OCH3 is 1. The Labute approximate surface area is 271 Å². The molecule has 0 aromatic heterocycles. The second kappa shape index (κ2) is 14.5. The molecule has 0 radical (unpaired) electrons. The maximum atomic E-state index is 12.7. The van der Waals surface area contributed by atoms with E-state index in [1.165, 1.54) is 7.11 Å². The lowest BCUT2D eigenvalue weighted by Gasteiger charge is -2.49. The average Bonchev–Trinajstić information content (AvgIpc) is 3.50. The Kier molecular flexibility index (Phi) is 9.77. The summed E-state index contributed by atoms with van der Waals surface area (Å²) in [6.07, 6.45) is -8.14. The number of ether oxygens (including phenoxy) is 10. The first-order valence-electron chi connectivity index (χ1n) is 15.6. The van der Waals surface area contributed by atoms with Crippen molar-refractivity contribution >= 4 is 12.1 Å². The zero-order valence-corrected chi connectivity index (χ0v) is 25.7. The summed E-state index contributed by atoms with van der Waals surface area (Å²) < 4.78 is 60.5. The third kappa shape index (κ3) is 7.19. The molecule has 12 heteroatoms. The molecule has 0 saturated carbocycles. The van der Waals surface area contributed by atoms with Crippen molar-refractivity contribution < 1.29 is 57.0 Å². The van der Waals surface area contributed by atoms with Gasteiger partial charge in [0, 0.05) is 19.1 Å². The van der Waals surface area contributed by atoms with Crippen LogP contribution >= 0.6 is 0 Å². The summed E-state index contributed by atoms with van der Waals surface area (Å²) in [6.45, 7) is 0.277. The van der Waals surface area contributed by atoms with E-state index in [4.69, 9.17) is 47.4 Å². The van der Waals surface area contributed by atoms with Crippen LogP contribution in [0.4, 0.5) is 4.79 Å². The zero-order valence-electron chi connectivity index (χ0n) is 25.7. The van der Waals surface area contributed by atoms with E-state index < -0.39 is 73.7 Å². The van der Waals surface area contributed by atoms with Crippen molar-refractivity contribution in [2.75, 3.05) is 20.3 Å². The minimum atomic E-state index is -0.920. The number of carbonyl (C=O) groups excluding carboxylic acids is 2. The van der Waals surface area contributed by atoms with E-state index in [1.54, 1.807) is 30.3 Å². The van der Waals surface area contributed by atoms with Crippen LogP contribution in [0.25, 0.3) is 0 Å². The molecule has 4 aliphatic heterocycles. The van der Waals surface area contributed by atoms with Crippen molar-refractivity contribution in [1.82, 2.24) is 0 Å². The summed E-state index contributed by atoms with van der Waals surface area (Å²) in [5.74, 6) is -0.536. The lowest BCUT2D eigenvalue weighted by Crippen LogP contribution is -2.64. The standard InChI is InChI=1S/C35H36O12/c1-38-34-31(39-18-21-11-5-2-6-12-21)30(29-26(43-34)20-41-33(46-29)23-15-9-4-10-16-23)45-27-17-24-28(47-35(37)44-24)25(42-27)19-40-32(36)22-13-7-3-8-14-22/h2-16,24-31,33-34H,17-20H2,1H3/t24-,25-,26-,27-,28+,29-,30+,31-,33?,34+/m1/s1. The third-order valence-electron chi connectivity index (χ3n) is 8.53. The van der Waals surface area contributed by atoms with E-state index in [-0.39, 0.29) is 26.2 Å². The molecule has 4 aliphatic rings. The Morgan fingerprint density at radius 2 is 1.53 bits per heavy atom. The topological polar surface area (TPSA) is 126 Å². The highest BCUT2D eigenvalue weighted by molar-refractivity contribution is 5.89. The van der Waals surface area contributed by atoms with Crippen LogP contribution < -0.4 is 0 Å². The van der Waals surface area contributed by atoms with Crippen molar-refractivity contribution in [3.05, 3.63) is 108 Å². The van der Waals surface area contributed by atoms with Crippen molar-refractivity contribution in [2.24, 2.45) is 0 Å². The van der Waals surface area contributed by atoms with Gasteiger partial charge in [0.1, 0.15) is 43.2 Å². The fraction of sp³-hybridized carbons (Fsp3) is 0.429. The molecule has 3 aromatic rings. The van der Waals surface area contributed by atoms with Gasteiger partial charge in [-0.3, -0.25) is 0 Å². The Bertz CT molecular complexity index is 1470. The Morgan fingerprint density at radius 1 is 0.809 bits per heavy atom. The number of benzene rings is 3. The van der Waals surface area contributed by atoms with E-state index in [0.29, 0.717) is 5.56 Å². The van der Waals surface area contributed by atoms with Crippen molar-refractivity contribution in [2.45, 2.75) is 74.6 Å². The van der Waals surface area contributed by atoms with Gasteiger partial charge in [-0.1, -0.05) is 78.9 Å². The van der Waals surface area contributed by atoms with E-state index in [1.807, 2.05) is 60.7 Å². The summed E-state index contributed by atoms with van der Waals surface area (Å²) in [6, 6.07) is 27.9. The summed E-state index contributed by atoms with van der Waals surface area (Å²) in [4.78, 5) is 24.9. The number of carbonyl (C=O) groups is 2. The van der Waals surface area contributed by atoms with Gasteiger partial charge in [-0.15, -0.1) is 0 Å². The maximum absolute atomic E-state index is 12.7. The monoisotopic (exact) mass is 648 g/mol. The summed E-state index contributed by atoms with van der Waals surface area (Å²) in [5, 5.41) is 0. The van der Waals surface area contributed by atoms with E-state index >= 15 is 0 Å². The van der Waals surface area contributed by atoms with Crippen LogP contribution in [0.15, 0.2) is 91.0 Å². The van der Waals surface area contributed by atoms with Gasteiger partial charge in [0.25, 0.3) is 0 Å². The van der Waals surface area contributed by atoms with Gasteiger partial charge < -0.3 is 47.4 Å². The van der Waals surface area contributed by atoms with Crippen LogP contribution in [0.2, 0.25) is 0 Å². The molecule has 0 aliphatic carbocycles. The zero-order chi connectivity index (χ0) is 32.2. The smallest absolute Gasteiger partial charge is 0.459 e. The quantitative estimate of drug-likeness (QED) is 0.291. The molecule has 0 N–H and O–H groups in total. The van der Waals surface area contributed by atoms with Gasteiger partial charge in [0.05, 0.1) is 18.8 Å². The van der Waals surface area contributed by atoms with Crippen LogP contribution in [-0.4, -0.2) is 87.8 Å². The van der Waals surface area contributed by atoms with Crippen LogP contribution in [0.1, 0.15) is 34.2 Å². The van der Waals surface area contributed by atoms with Gasteiger partial charge in [-0.05, 0) is 17.7 Å². The van der Waals surface area contributed by atoms with Gasteiger partial charge in [0.2, 0.25) is 0 Å². The molecule has 47 heavy (non-hydrogen) atoms. The van der Waals surface area contributed by atoms with Crippen LogP contribution in [0.5, 0.6) is 0 Å². The summed E-state index contributed by atoms with van der Waals surface area (Å²) in [5.41, 5.74) is 2.17. The predicted octanol–water partition coefficient (Wildman–Crippen LogP) is 4.32. The fourth-order valence-electron chi connectivity index (χ4n) is 6.25. The third-order valence-corrected chi connectivity index (χ3v) is 8.53. The van der Waals surface area contributed by atoms with E-state index in [2.05, 4.69) is 0 Å². The Hall–Kier alpha value is -3.88. The number of rotatable bonds is 10. The Balaban J connectivity index is 1.13. The molecule has 0 spiro atoms. The Morgan fingerprint density at radius 3 is 2.28 bits per heavy atom. The molecular formula is C35H36O12. The van der Waals surface area contributed by atoms with Crippen LogP contribution in [0.3, 0.4) is 0 Å². The molecule has 10 atom stereocenters. The highest BCUT2D eigenvalue weighted by atomic mass is 16.8. The summed E-state index contributed by atoms with van der Waals surface area (Å²) in [7, 11) is 1.53. The molecule has 12 nitrogen and oxygen atoms in total. The highest BCUT2D eigenvalue weighted by Gasteiger charge is 2.55. The molecule has 7 rings (SSSR count). The van der Waals surface area contributed by atoms with E-state index in [0.717, 1.165) is 11.1 Å². The second-order valence-electron chi connectivity index (χ2n) is 11.6. The molecule has 3 aromatic carbocycles. The van der Waals surface area contributed by atoms with Crippen molar-refractivity contribution in [1.29, 1.82) is 0 Å². The van der Waals surface area contributed by atoms with E-state index in [9.17, 15) is 9.59 Å². The minimum absolute atomic E-state index is 0.163. The SMILES string of the molecule is CO[C@H]1O[C@@H]2COC(c3ccccc3)O[C@H]2[C@H](O[C@@H]2C[C@H]3OC(=O)O[C@@H]3[C@@H](COC(=O)c3ccccc3)O2)[C@H]1OCc1ccccc1. The largest absolute Gasteiger partial charge is 0.509 e. The van der Waals surface area contributed by atoms with Crippen molar-refractivity contribution in [3.8, 4) is 0 Å². The molecular weight excluding hydrogens is 612 g/mol. The van der Waals surface area contributed by atoms with Gasteiger partial charge in [-0.25, -0.2) is 9.59 Å². The van der Waals surface area contributed by atoms with Gasteiger partial charge in [0.15, 0.2) is 25.0 Å². The molecule has 0 amide bonds. The lowest BCUT2D eigenvalue weighted by atomic mass is 9.96. The maximum Gasteiger partial charge on any atom is 0.509 e.